The van der Waals surface area contributed by atoms with Crippen LogP contribution in [0.25, 0.3) is 0 Å². The summed E-state index contributed by atoms with van der Waals surface area (Å²) in [4.78, 5) is 42.9. The molecule has 55 heavy (non-hydrogen) atoms. The van der Waals surface area contributed by atoms with Crippen molar-refractivity contribution >= 4 is 18.1 Å². The third-order valence-electron chi connectivity index (χ3n) is 10.8. The van der Waals surface area contributed by atoms with Crippen molar-refractivity contribution in [1.82, 2.24) is 9.80 Å². The molecule has 0 aromatic carbocycles. The second-order valence-corrected chi connectivity index (χ2v) is 15.7. The lowest BCUT2D eigenvalue weighted by Crippen LogP contribution is -2.37. The molecular formula is C46H90N2O7. The minimum Gasteiger partial charge on any atom is -0.466 e. The molecule has 0 aliphatic heterocycles. The minimum atomic E-state index is -0.594. The zero-order valence-electron chi connectivity index (χ0n) is 37.2. The molecular weight excluding hydrogens is 693 g/mol. The number of nitrogens with zero attached hydrogens (tertiary/aromatic N) is 2. The molecule has 9 nitrogen and oxygen atoms in total. The molecule has 0 aliphatic rings. The van der Waals surface area contributed by atoms with Crippen LogP contribution in [0.5, 0.6) is 0 Å². The summed E-state index contributed by atoms with van der Waals surface area (Å²) in [6.07, 6.45) is 25.7. The smallest absolute Gasteiger partial charge is 0.466 e. The van der Waals surface area contributed by atoms with E-state index in [1.165, 1.54) is 64.2 Å². The first kappa shape index (κ1) is 53.1. The number of ether oxygens (including phenoxy) is 4. The van der Waals surface area contributed by atoms with E-state index >= 15 is 0 Å². The van der Waals surface area contributed by atoms with Crippen molar-refractivity contribution in [3.63, 3.8) is 0 Å². The van der Waals surface area contributed by atoms with Gasteiger partial charge in [-0.3, -0.25) is 9.59 Å². The van der Waals surface area contributed by atoms with Gasteiger partial charge in [0.05, 0.1) is 25.7 Å². The van der Waals surface area contributed by atoms with Crippen molar-refractivity contribution < 1.29 is 33.3 Å². The van der Waals surface area contributed by atoms with Gasteiger partial charge in [0.15, 0.2) is 0 Å². The predicted molar refractivity (Wildman–Crippen MR) is 229 cm³/mol. The Morgan fingerprint density at radius 3 is 1.44 bits per heavy atom. The van der Waals surface area contributed by atoms with Crippen LogP contribution in [0.2, 0.25) is 0 Å². The van der Waals surface area contributed by atoms with E-state index in [9.17, 15) is 14.4 Å². The van der Waals surface area contributed by atoms with Gasteiger partial charge in [0.25, 0.3) is 0 Å². The number of carbonyl (C=O) groups is 3. The van der Waals surface area contributed by atoms with Crippen molar-refractivity contribution in [2.75, 3.05) is 59.1 Å². The van der Waals surface area contributed by atoms with Crippen LogP contribution in [0, 0.1) is 5.92 Å². The maximum absolute atomic E-state index is 13.1. The summed E-state index contributed by atoms with van der Waals surface area (Å²) in [6, 6.07) is 0. The standard InChI is InChI=1S/C46H90N2O7/c1-7-13-17-21-27-39-52-44(49)34-26-25-33-43(32-24-20-16-10-4)55-46(51)54-41-29-36-48(38-37-47(11-5)12-6)35-28-40-53-45(50)42(30-22-18-14-8-2)31-23-19-15-9-3/h42-43H,7-41H2,1-6H3. The molecule has 1 atom stereocenters. The van der Waals surface area contributed by atoms with Crippen LogP contribution in [-0.2, 0) is 28.5 Å². The van der Waals surface area contributed by atoms with Crippen LogP contribution >= 0.6 is 0 Å². The maximum atomic E-state index is 13.1. The van der Waals surface area contributed by atoms with E-state index in [0.29, 0.717) is 32.7 Å². The molecule has 1 unspecified atom stereocenters. The Kier molecular flexibility index (Phi) is 39.0. The zero-order chi connectivity index (χ0) is 40.6. The SMILES string of the molecule is CCCCCCCOC(=O)CCCCC(CCCCCC)OC(=O)OCCCN(CCCOC(=O)C(CCCCCC)CCCCCC)CCN(CC)CC. The van der Waals surface area contributed by atoms with Gasteiger partial charge in [-0.2, -0.15) is 0 Å². The Balaban J connectivity index is 4.82. The largest absolute Gasteiger partial charge is 0.508 e. The zero-order valence-corrected chi connectivity index (χ0v) is 37.2. The first-order valence-corrected chi connectivity index (χ1v) is 23.4. The van der Waals surface area contributed by atoms with E-state index in [1.54, 1.807) is 0 Å². The summed E-state index contributed by atoms with van der Waals surface area (Å²) in [5, 5.41) is 0. The second-order valence-electron chi connectivity index (χ2n) is 15.7. The number of esters is 2. The lowest BCUT2D eigenvalue weighted by atomic mass is 9.94. The first-order valence-electron chi connectivity index (χ1n) is 23.4. The third-order valence-corrected chi connectivity index (χ3v) is 10.8. The van der Waals surface area contributed by atoms with Crippen LogP contribution in [-0.4, -0.2) is 93.1 Å². The highest BCUT2D eigenvalue weighted by Crippen LogP contribution is 2.21. The average molecular weight is 783 g/mol. The quantitative estimate of drug-likeness (QED) is 0.0341. The predicted octanol–water partition coefficient (Wildman–Crippen LogP) is 12.1. The molecule has 0 aliphatic carbocycles. The van der Waals surface area contributed by atoms with Crippen molar-refractivity contribution in [3.05, 3.63) is 0 Å². The second kappa shape index (κ2) is 40.3. The Hall–Kier alpha value is -1.87. The number of likely N-dealkylation sites (N-methyl/N-ethyl adjacent to an activating group) is 1. The van der Waals surface area contributed by atoms with Gasteiger partial charge in [0.1, 0.15) is 6.10 Å². The highest BCUT2D eigenvalue weighted by molar-refractivity contribution is 5.72. The van der Waals surface area contributed by atoms with E-state index in [4.69, 9.17) is 18.9 Å². The molecule has 0 aromatic heterocycles. The fourth-order valence-corrected chi connectivity index (χ4v) is 7.03. The number of unbranched alkanes of at least 4 members (excludes halogenated alkanes) is 14. The van der Waals surface area contributed by atoms with Crippen LogP contribution < -0.4 is 0 Å². The molecule has 0 saturated heterocycles. The van der Waals surface area contributed by atoms with Crippen molar-refractivity contribution in [1.29, 1.82) is 0 Å². The molecule has 0 rings (SSSR count). The number of rotatable bonds is 41. The van der Waals surface area contributed by atoms with E-state index in [2.05, 4.69) is 51.3 Å². The van der Waals surface area contributed by atoms with Gasteiger partial charge < -0.3 is 28.7 Å². The van der Waals surface area contributed by atoms with Crippen LogP contribution in [0.1, 0.15) is 208 Å². The van der Waals surface area contributed by atoms with Crippen molar-refractivity contribution in [2.45, 2.75) is 215 Å². The van der Waals surface area contributed by atoms with E-state index in [-0.39, 0.29) is 24.0 Å². The van der Waals surface area contributed by atoms with Gasteiger partial charge in [0.2, 0.25) is 0 Å². The van der Waals surface area contributed by atoms with Crippen LogP contribution in [0.4, 0.5) is 4.79 Å². The fourth-order valence-electron chi connectivity index (χ4n) is 7.03. The monoisotopic (exact) mass is 783 g/mol. The summed E-state index contributed by atoms with van der Waals surface area (Å²) in [7, 11) is 0. The summed E-state index contributed by atoms with van der Waals surface area (Å²) in [5.41, 5.74) is 0. The maximum Gasteiger partial charge on any atom is 0.508 e. The third kappa shape index (κ3) is 33.9. The summed E-state index contributed by atoms with van der Waals surface area (Å²) < 4.78 is 22.7. The molecule has 9 heteroatoms. The summed E-state index contributed by atoms with van der Waals surface area (Å²) >= 11 is 0. The van der Waals surface area contributed by atoms with Gasteiger partial charge in [-0.15, -0.1) is 0 Å². The molecule has 0 amide bonds. The fraction of sp³-hybridized carbons (Fsp3) is 0.935. The number of hydrogen-bond donors (Lipinski definition) is 0. The number of hydrogen-bond acceptors (Lipinski definition) is 9. The normalized spacial score (nSPS) is 12.1. The van der Waals surface area contributed by atoms with Crippen molar-refractivity contribution in [3.8, 4) is 0 Å². The average Bonchev–Trinajstić information content (AvgIpc) is 3.18. The Bertz CT molecular complexity index is 857. The van der Waals surface area contributed by atoms with Gasteiger partial charge in [-0.05, 0) is 77.3 Å². The Labute approximate surface area is 340 Å². The molecule has 0 N–H and O–H groups in total. The molecule has 0 fully saturated rings. The van der Waals surface area contributed by atoms with Gasteiger partial charge in [-0.25, -0.2) is 4.79 Å². The molecule has 326 valence electrons. The van der Waals surface area contributed by atoms with Gasteiger partial charge >= 0.3 is 18.1 Å². The van der Waals surface area contributed by atoms with E-state index < -0.39 is 6.16 Å². The summed E-state index contributed by atoms with van der Waals surface area (Å²) in [6.45, 7) is 20.0. The lowest BCUT2D eigenvalue weighted by Gasteiger charge is -2.26. The van der Waals surface area contributed by atoms with E-state index in [1.807, 2.05) is 0 Å². The molecule has 0 aromatic rings. The molecule has 0 radical (unpaired) electrons. The van der Waals surface area contributed by atoms with Gasteiger partial charge in [0, 0.05) is 32.6 Å². The van der Waals surface area contributed by atoms with Crippen LogP contribution in [0.3, 0.4) is 0 Å². The first-order chi connectivity index (χ1) is 26.8. The van der Waals surface area contributed by atoms with Crippen LogP contribution in [0.15, 0.2) is 0 Å². The summed E-state index contributed by atoms with van der Waals surface area (Å²) in [5.74, 6) is -0.111. The number of carbonyl (C=O) groups excluding carboxylic acids is 3. The van der Waals surface area contributed by atoms with Crippen molar-refractivity contribution in [2.24, 2.45) is 5.92 Å². The highest BCUT2D eigenvalue weighted by Gasteiger charge is 2.20. The highest BCUT2D eigenvalue weighted by atomic mass is 16.7. The molecule has 0 bridgehead atoms. The minimum absolute atomic E-state index is 0.00993. The molecule has 0 spiro atoms. The van der Waals surface area contributed by atoms with Gasteiger partial charge in [-0.1, -0.05) is 138 Å². The molecule has 0 saturated carbocycles. The van der Waals surface area contributed by atoms with E-state index in [0.717, 1.165) is 129 Å². The molecule has 0 heterocycles. The Morgan fingerprint density at radius 1 is 0.436 bits per heavy atom. The Morgan fingerprint density at radius 2 is 0.891 bits per heavy atom. The lowest BCUT2D eigenvalue weighted by molar-refractivity contribution is -0.149. The topological polar surface area (TPSA) is 94.6 Å².